The van der Waals surface area contributed by atoms with Crippen molar-refractivity contribution in [1.29, 1.82) is 0 Å². The molecule has 1 aromatic carbocycles. The predicted molar refractivity (Wildman–Crippen MR) is 79.7 cm³/mol. The first-order valence-corrected chi connectivity index (χ1v) is 6.58. The highest BCUT2D eigenvalue weighted by atomic mass is 79.9. The number of hydrogen-bond acceptors (Lipinski definition) is 5. The molecule has 0 aliphatic carbocycles. The minimum absolute atomic E-state index is 0.378. The lowest BCUT2D eigenvalue weighted by molar-refractivity contribution is 0.178. The van der Waals surface area contributed by atoms with E-state index in [2.05, 4.69) is 36.5 Å². The largest absolute Gasteiger partial charge is 0.377 e. The molecule has 0 radical (unpaired) electrons. The van der Waals surface area contributed by atoms with Crippen LogP contribution >= 0.6 is 15.9 Å². The van der Waals surface area contributed by atoms with Crippen LogP contribution in [0.15, 0.2) is 34.8 Å². The molecule has 0 unspecified atom stereocenters. The van der Waals surface area contributed by atoms with Crippen LogP contribution in [0.4, 0.5) is 17.3 Å². The summed E-state index contributed by atoms with van der Waals surface area (Å²) in [6.07, 6.45) is 0. The third kappa shape index (κ3) is 3.90. The minimum Gasteiger partial charge on any atom is -0.377 e. The van der Waals surface area contributed by atoms with Crippen LogP contribution in [0.2, 0.25) is 0 Å². The molecule has 2 rings (SSSR count). The lowest BCUT2D eigenvalue weighted by Crippen LogP contribution is -2.04. The topological polar surface area (TPSA) is 59.1 Å². The quantitative estimate of drug-likeness (QED) is 0.885. The Bertz CT molecular complexity index is 562. The van der Waals surface area contributed by atoms with Gasteiger partial charge < -0.3 is 15.4 Å². The molecule has 2 aromatic rings. The van der Waals surface area contributed by atoms with Gasteiger partial charge in [-0.05, 0) is 18.2 Å². The van der Waals surface area contributed by atoms with Gasteiger partial charge in [-0.3, -0.25) is 0 Å². The maximum Gasteiger partial charge on any atom is 0.158 e. The molecule has 2 N–H and O–H groups in total. The van der Waals surface area contributed by atoms with Crippen molar-refractivity contribution in [2.24, 2.45) is 0 Å². The molecule has 0 bridgehead atoms. The van der Waals surface area contributed by atoms with Crippen molar-refractivity contribution in [3.8, 4) is 0 Å². The molecule has 1 heterocycles. The van der Waals surface area contributed by atoms with Crippen LogP contribution in [-0.2, 0) is 11.3 Å². The fraction of sp³-hybridized carbons (Fsp3) is 0.231. The Kier molecular flexibility index (Phi) is 4.70. The maximum absolute atomic E-state index is 5.06. The smallest absolute Gasteiger partial charge is 0.158 e. The lowest BCUT2D eigenvalue weighted by atomic mass is 10.3. The Hall–Kier alpha value is -1.66. The van der Waals surface area contributed by atoms with Crippen molar-refractivity contribution in [2.45, 2.75) is 6.61 Å². The van der Waals surface area contributed by atoms with Crippen LogP contribution in [0, 0.1) is 0 Å². The second kappa shape index (κ2) is 6.49. The summed E-state index contributed by atoms with van der Waals surface area (Å²) in [5.74, 6) is 2.11. The average molecular weight is 323 g/mol. The molecule has 100 valence electrons. The molecule has 0 atom stereocenters. The fourth-order valence-corrected chi connectivity index (χ4v) is 2.00. The highest BCUT2D eigenvalue weighted by molar-refractivity contribution is 9.10. The van der Waals surface area contributed by atoms with Crippen molar-refractivity contribution < 1.29 is 4.74 Å². The summed E-state index contributed by atoms with van der Waals surface area (Å²) < 4.78 is 6.08. The number of hydrogen-bond donors (Lipinski definition) is 2. The van der Waals surface area contributed by atoms with Crippen molar-refractivity contribution in [3.63, 3.8) is 0 Å². The van der Waals surface area contributed by atoms with E-state index >= 15 is 0 Å². The number of ether oxygens (including phenoxy) is 1. The van der Waals surface area contributed by atoms with E-state index in [0.717, 1.165) is 21.8 Å². The zero-order valence-electron chi connectivity index (χ0n) is 10.8. The number of rotatable bonds is 5. The van der Waals surface area contributed by atoms with Gasteiger partial charge in [0.05, 0.1) is 0 Å². The van der Waals surface area contributed by atoms with E-state index < -0.39 is 0 Å². The standard InChI is InChI=1S/C13H15BrN4O/c1-15-11-7-12(18-13(17-11)8-19-2)16-10-5-3-4-9(14)6-10/h3-7H,8H2,1-2H3,(H2,15,16,17,18). The summed E-state index contributed by atoms with van der Waals surface area (Å²) in [5, 5.41) is 6.25. The van der Waals surface area contributed by atoms with E-state index in [1.54, 1.807) is 7.11 Å². The summed E-state index contributed by atoms with van der Waals surface area (Å²) in [4.78, 5) is 8.70. The normalized spacial score (nSPS) is 10.3. The van der Waals surface area contributed by atoms with Crippen molar-refractivity contribution in [2.75, 3.05) is 24.8 Å². The Morgan fingerprint density at radius 2 is 2.00 bits per heavy atom. The van der Waals surface area contributed by atoms with Crippen molar-refractivity contribution in [3.05, 3.63) is 40.6 Å². The van der Waals surface area contributed by atoms with E-state index in [0.29, 0.717) is 12.4 Å². The van der Waals surface area contributed by atoms with Crippen LogP contribution in [0.1, 0.15) is 5.82 Å². The minimum atomic E-state index is 0.378. The molecule has 6 heteroatoms. The maximum atomic E-state index is 5.06. The molecule has 0 spiro atoms. The van der Waals surface area contributed by atoms with Crippen LogP contribution in [0.3, 0.4) is 0 Å². The van der Waals surface area contributed by atoms with Gasteiger partial charge >= 0.3 is 0 Å². The molecule has 0 amide bonds. The molecule has 0 aliphatic heterocycles. The fourth-order valence-electron chi connectivity index (χ4n) is 1.60. The Labute approximate surface area is 120 Å². The second-order valence-corrected chi connectivity index (χ2v) is 4.79. The number of methoxy groups -OCH3 is 1. The molecule has 19 heavy (non-hydrogen) atoms. The van der Waals surface area contributed by atoms with Crippen molar-refractivity contribution in [1.82, 2.24) is 9.97 Å². The number of benzene rings is 1. The van der Waals surface area contributed by atoms with Crippen molar-refractivity contribution >= 4 is 33.3 Å². The lowest BCUT2D eigenvalue weighted by Gasteiger charge is -2.09. The summed E-state index contributed by atoms with van der Waals surface area (Å²) in [6, 6.07) is 9.74. The second-order valence-electron chi connectivity index (χ2n) is 3.87. The number of nitrogens with zero attached hydrogens (tertiary/aromatic N) is 2. The van der Waals surface area contributed by atoms with Gasteiger partial charge in [-0.1, -0.05) is 22.0 Å². The van der Waals surface area contributed by atoms with Gasteiger partial charge in [0.25, 0.3) is 0 Å². The highest BCUT2D eigenvalue weighted by Gasteiger charge is 2.04. The molecule has 0 aliphatic rings. The first-order valence-electron chi connectivity index (χ1n) is 5.78. The molecule has 5 nitrogen and oxygen atoms in total. The Morgan fingerprint density at radius 1 is 1.21 bits per heavy atom. The SMILES string of the molecule is CNc1cc(Nc2cccc(Br)c2)nc(COC)n1. The molecule has 0 saturated carbocycles. The van der Waals surface area contributed by atoms with Gasteiger partial charge in [0, 0.05) is 30.4 Å². The van der Waals surface area contributed by atoms with Gasteiger partial charge in [-0.2, -0.15) is 0 Å². The van der Waals surface area contributed by atoms with E-state index in [-0.39, 0.29) is 0 Å². The molecule has 0 fully saturated rings. The van der Waals surface area contributed by atoms with E-state index in [4.69, 9.17) is 4.74 Å². The van der Waals surface area contributed by atoms with Gasteiger partial charge in [0.15, 0.2) is 5.82 Å². The summed E-state index contributed by atoms with van der Waals surface area (Å²) in [7, 11) is 3.44. The van der Waals surface area contributed by atoms with Crippen LogP contribution < -0.4 is 10.6 Å². The van der Waals surface area contributed by atoms with Crippen LogP contribution in [0.5, 0.6) is 0 Å². The first kappa shape index (κ1) is 13.8. The van der Waals surface area contributed by atoms with E-state index in [9.17, 15) is 0 Å². The number of halogens is 1. The summed E-state index contributed by atoms with van der Waals surface area (Å²) in [5.41, 5.74) is 0.957. The number of aromatic nitrogens is 2. The molecule has 1 aromatic heterocycles. The van der Waals surface area contributed by atoms with Gasteiger partial charge in [0.1, 0.15) is 18.2 Å². The number of nitrogens with one attached hydrogen (secondary N) is 2. The number of anilines is 3. The molecular weight excluding hydrogens is 308 g/mol. The Balaban J connectivity index is 2.26. The molecule has 0 saturated heterocycles. The van der Waals surface area contributed by atoms with E-state index in [1.807, 2.05) is 37.4 Å². The van der Waals surface area contributed by atoms with E-state index in [1.165, 1.54) is 0 Å². The average Bonchev–Trinajstić information content (AvgIpc) is 2.39. The third-order valence-electron chi connectivity index (χ3n) is 2.40. The zero-order chi connectivity index (χ0) is 13.7. The summed E-state index contributed by atoms with van der Waals surface area (Å²) in [6.45, 7) is 0.378. The van der Waals surface area contributed by atoms with Crippen LogP contribution in [-0.4, -0.2) is 24.1 Å². The zero-order valence-corrected chi connectivity index (χ0v) is 12.4. The molecular formula is C13H15BrN4O. The van der Waals surface area contributed by atoms with Crippen LogP contribution in [0.25, 0.3) is 0 Å². The summed E-state index contributed by atoms with van der Waals surface area (Å²) >= 11 is 3.44. The highest BCUT2D eigenvalue weighted by Crippen LogP contribution is 2.20. The monoisotopic (exact) mass is 322 g/mol. The van der Waals surface area contributed by atoms with Gasteiger partial charge in [0.2, 0.25) is 0 Å². The predicted octanol–water partition coefficient (Wildman–Crippen LogP) is 3.17. The first-order chi connectivity index (χ1) is 9.21. The van der Waals surface area contributed by atoms with Gasteiger partial charge in [-0.25, -0.2) is 9.97 Å². The van der Waals surface area contributed by atoms with Gasteiger partial charge in [-0.15, -0.1) is 0 Å². The Morgan fingerprint density at radius 3 is 2.68 bits per heavy atom. The third-order valence-corrected chi connectivity index (χ3v) is 2.89.